The highest BCUT2D eigenvalue weighted by atomic mass is 35.5. The number of aromatic nitrogens is 4. The molecule has 0 spiro atoms. The van der Waals surface area contributed by atoms with Crippen LogP contribution in [0.5, 0.6) is 0 Å². The fourth-order valence-electron chi connectivity index (χ4n) is 8.05. The van der Waals surface area contributed by atoms with Gasteiger partial charge in [0.2, 0.25) is 11.2 Å². The molecule has 4 aromatic rings. The summed E-state index contributed by atoms with van der Waals surface area (Å²) in [5.74, 6) is 2.33. The summed E-state index contributed by atoms with van der Waals surface area (Å²) in [6.07, 6.45) is 17.0. The summed E-state index contributed by atoms with van der Waals surface area (Å²) >= 11 is 9.77. The molecule has 0 radical (unpaired) electrons. The van der Waals surface area contributed by atoms with Gasteiger partial charge in [-0.1, -0.05) is 0 Å². The number of anilines is 3. The van der Waals surface area contributed by atoms with Crippen molar-refractivity contribution in [1.29, 1.82) is 0 Å². The van der Waals surface area contributed by atoms with Gasteiger partial charge in [0.1, 0.15) is 21.3 Å². The highest BCUT2D eigenvalue weighted by Crippen LogP contribution is 2.42. The number of nitrogen functional groups attached to an aromatic ring is 1. The number of hydrogen-bond acceptors (Lipinski definition) is 11. The van der Waals surface area contributed by atoms with Crippen LogP contribution in [0, 0.1) is 0 Å². The number of thiophene rings is 2. The van der Waals surface area contributed by atoms with Crippen molar-refractivity contribution in [2.24, 2.45) is 0 Å². The van der Waals surface area contributed by atoms with Crippen molar-refractivity contribution in [2.45, 2.75) is 114 Å². The summed E-state index contributed by atoms with van der Waals surface area (Å²) in [4.78, 5) is 27.8. The van der Waals surface area contributed by atoms with Crippen LogP contribution in [0.2, 0.25) is 5.28 Å². The van der Waals surface area contributed by atoms with Crippen molar-refractivity contribution in [1.82, 2.24) is 29.7 Å². The molecule has 0 aliphatic heterocycles. The molecule has 0 unspecified atom stereocenters. The van der Waals surface area contributed by atoms with Crippen LogP contribution in [0.1, 0.15) is 85.1 Å². The number of halogens is 1. The van der Waals surface area contributed by atoms with Crippen LogP contribution in [-0.4, -0.2) is 82.1 Å². The van der Waals surface area contributed by atoms with Gasteiger partial charge in [-0.3, -0.25) is 0 Å². The summed E-state index contributed by atoms with van der Waals surface area (Å²) in [6, 6.07) is 2.43. The molecule has 248 valence electrons. The molecule has 4 aromatic heterocycles. The Bertz CT molecular complexity index is 1560. The molecule has 8 rings (SSSR count). The Balaban J connectivity index is 0.000000147. The summed E-state index contributed by atoms with van der Waals surface area (Å²) < 4.78 is 0. The van der Waals surface area contributed by atoms with E-state index in [0.717, 1.165) is 34.1 Å². The van der Waals surface area contributed by atoms with E-state index in [1.807, 2.05) is 0 Å². The minimum Gasteiger partial charge on any atom is -0.368 e. The van der Waals surface area contributed by atoms with Gasteiger partial charge < -0.3 is 26.2 Å². The Hall–Kier alpha value is -2.31. The molecule has 4 N–H and O–H groups in total. The van der Waals surface area contributed by atoms with Crippen LogP contribution in [0.3, 0.4) is 0 Å². The zero-order chi connectivity index (χ0) is 31.9. The molecule has 0 saturated heterocycles. The Morgan fingerprint density at radius 1 is 0.630 bits per heavy atom. The van der Waals surface area contributed by atoms with Gasteiger partial charge in [0.05, 0.1) is 10.8 Å². The number of nitrogens with one attached hydrogen (secondary N) is 2. The minimum absolute atomic E-state index is 0.363. The number of hydrogen-bond donors (Lipinski definition) is 3. The third-order valence-electron chi connectivity index (χ3n) is 10.7. The summed E-state index contributed by atoms with van der Waals surface area (Å²) in [7, 11) is 8.73. The molecule has 0 aromatic carbocycles. The fraction of sp³-hybridized carbons (Fsp3) is 0.647. The highest BCUT2D eigenvalue weighted by Gasteiger charge is 2.28. The first-order chi connectivity index (χ1) is 22.2. The van der Waals surface area contributed by atoms with E-state index in [-0.39, 0.29) is 0 Å². The Morgan fingerprint density at radius 3 is 1.57 bits per heavy atom. The highest BCUT2D eigenvalue weighted by molar-refractivity contribution is 7.19. The van der Waals surface area contributed by atoms with Crippen molar-refractivity contribution in [3.63, 3.8) is 0 Å². The van der Waals surface area contributed by atoms with Gasteiger partial charge >= 0.3 is 0 Å². The second-order valence-electron chi connectivity index (χ2n) is 14.1. The maximum Gasteiger partial charge on any atom is 0.225 e. The van der Waals surface area contributed by atoms with E-state index < -0.39 is 0 Å². The van der Waals surface area contributed by atoms with Gasteiger partial charge in [0.25, 0.3) is 0 Å². The molecule has 0 bridgehead atoms. The lowest BCUT2D eigenvalue weighted by atomic mass is 9.90. The molecule has 0 atom stereocenters. The van der Waals surface area contributed by atoms with Gasteiger partial charge in [0.15, 0.2) is 0 Å². The van der Waals surface area contributed by atoms with Gasteiger partial charge in [-0.2, -0.15) is 4.98 Å². The first-order valence-electron chi connectivity index (χ1n) is 17.1. The molecule has 12 heteroatoms. The molecular formula is C34H48ClN9S2. The van der Waals surface area contributed by atoms with E-state index >= 15 is 0 Å². The third-order valence-corrected chi connectivity index (χ3v) is 13.2. The number of fused-ring (bicyclic) bond motifs is 6. The SMILES string of the molecule is CN(C)C1CCC(Nc2nc(Cl)nc3sc4c(c23)CCC4)CC1.CN(C)C1CCC(Nc2nc(N)nc3sc4c(c23)CCC4)CC1. The third kappa shape index (κ3) is 6.67. The van der Waals surface area contributed by atoms with E-state index in [0.29, 0.717) is 35.4 Å². The van der Waals surface area contributed by atoms with E-state index in [1.54, 1.807) is 22.7 Å². The van der Waals surface area contributed by atoms with Crippen LogP contribution in [0.25, 0.3) is 20.4 Å². The average Bonchev–Trinajstić information content (AvgIpc) is 3.79. The number of aryl methyl sites for hydroxylation is 4. The van der Waals surface area contributed by atoms with Crippen molar-refractivity contribution < 1.29 is 0 Å². The normalized spacial score (nSPS) is 24.3. The standard InChI is InChI=1S/C17H23ClN4S.C17H25N5S/c2*1-22(2)11-8-6-10(7-9-11)19-15-14-12-4-3-5-13(12)23-16(14)21-17(18)20-15/h10-11H,3-9H2,1-2H3,(H,19,20,21);10-11H,3-9H2,1-2H3,(H3,18,19,20,21). The average molecular weight is 682 g/mol. The lowest BCUT2D eigenvalue weighted by Crippen LogP contribution is -2.36. The zero-order valence-corrected chi connectivity index (χ0v) is 30.1. The maximum atomic E-state index is 6.17. The van der Waals surface area contributed by atoms with Crippen molar-refractivity contribution in [3.8, 4) is 0 Å². The first-order valence-corrected chi connectivity index (χ1v) is 19.2. The monoisotopic (exact) mass is 681 g/mol. The summed E-state index contributed by atoms with van der Waals surface area (Å²) in [5.41, 5.74) is 8.88. The van der Waals surface area contributed by atoms with E-state index in [9.17, 15) is 0 Å². The van der Waals surface area contributed by atoms with Crippen molar-refractivity contribution in [3.05, 3.63) is 26.2 Å². The quantitative estimate of drug-likeness (QED) is 0.183. The first kappa shape index (κ1) is 32.2. The Kier molecular flexibility index (Phi) is 9.58. The van der Waals surface area contributed by atoms with E-state index in [4.69, 9.17) is 17.3 Å². The van der Waals surface area contributed by atoms with Crippen molar-refractivity contribution in [2.75, 3.05) is 44.6 Å². The second-order valence-corrected chi connectivity index (χ2v) is 16.6. The maximum absolute atomic E-state index is 6.17. The van der Waals surface area contributed by atoms with E-state index in [1.165, 1.54) is 109 Å². The molecule has 46 heavy (non-hydrogen) atoms. The molecule has 4 heterocycles. The summed E-state index contributed by atoms with van der Waals surface area (Å²) in [6.45, 7) is 0. The molecule has 4 aliphatic rings. The van der Waals surface area contributed by atoms with Gasteiger partial charge in [-0.15, -0.1) is 22.7 Å². The molecule has 0 amide bonds. The number of nitrogens with zero attached hydrogens (tertiary/aromatic N) is 6. The zero-order valence-electron chi connectivity index (χ0n) is 27.7. The van der Waals surface area contributed by atoms with Gasteiger partial charge in [0, 0.05) is 33.9 Å². The van der Waals surface area contributed by atoms with Crippen LogP contribution in [0.4, 0.5) is 17.6 Å². The predicted molar refractivity (Wildman–Crippen MR) is 195 cm³/mol. The molecule has 2 fully saturated rings. The number of rotatable bonds is 6. The van der Waals surface area contributed by atoms with Gasteiger partial charge in [-0.25, -0.2) is 15.0 Å². The lowest BCUT2D eigenvalue weighted by molar-refractivity contribution is 0.221. The topological polar surface area (TPSA) is 108 Å². The van der Waals surface area contributed by atoms with Crippen LogP contribution in [0.15, 0.2) is 0 Å². The van der Waals surface area contributed by atoms with Gasteiger partial charge in [-0.05, 0) is 141 Å². The van der Waals surface area contributed by atoms with Crippen LogP contribution in [-0.2, 0) is 25.7 Å². The van der Waals surface area contributed by atoms with E-state index in [2.05, 4.69) is 68.6 Å². The van der Waals surface area contributed by atoms with Crippen LogP contribution < -0.4 is 16.4 Å². The summed E-state index contributed by atoms with van der Waals surface area (Å²) in [5, 5.41) is 10.2. The molecule has 2 saturated carbocycles. The largest absolute Gasteiger partial charge is 0.368 e. The number of nitrogens with two attached hydrogens (primary N) is 1. The molecule has 4 aliphatic carbocycles. The Labute approximate surface area is 285 Å². The predicted octanol–water partition coefficient (Wildman–Crippen LogP) is 7.17. The molecular weight excluding hydrogens is 634 g/mol. The Morgan fingerprint density at radius 2 is 1.09 bits per heavy atom. The minimum atomic E-state index is 0.363. The van der Waals surface area contributed by atoms with Crippen molar-refractivity contribution >= 4 is 72.3 Å². The molecule has 9 nitrogen and oxygen atoms in total. The second kappa shape index (κ2) is 13.7. The van der Waals surface area contributed by atoms with Crippen LogP contribution >= 0.6 is 34.3 Å². The smallest absolute Gasteiger partial charge is 0.225 e. The lowest BCUT2D eigenvalue weighted by Gasteiger charge is -2.33. The fourth-order valence-corrected chi connectivity index (χ4v) is 10.8.